The van der Waals surface area contributed by atoms with E-state index < -0.39 is 0 Å². The molecule has 0 aliphatic heterocycles. The van der Waals surface area contributed by atoms with Crippen LogP contribution in [0.4, 0.5) is 0 Å². The average molecular weight is 335 g/mol. The second-order valence-corrected chi connectivity index (χ2v) is 6.16. The van der Waals surface area contributed by atoms with Crippen molar-refractivity contribution in [1.29, 1.82) is 0 Å². The van der Waals surface area contributed by atoms with Crippen LogP contribution in [-0.4, -0.2) is 34.1 Å². The molecule has 3 aromatic rings. The first kappa shape index (κ1) is 17.4. The first-order valence-electron chi connectivity index (χ1n) is 9.02. The van der Waals surface area contributed by atoms with Crippen LogP contribution >= 0.6 is 0 Å². The first-order chi connectivity index (χ1) is 12.2. The summed E-state index contributed by atoms with van der Waals surface area (Å²) in [5.41, 5.74) is 1.78. The highest BCUT2D eigenvalue weighted by Crippen LogP contribution is 2.19. The summed E-state index contributed by atoms with van der Waals surface area (Å²) in [7, 11) is 0. The van der Waals surface area contributed by atoms with E-state index in [1.54, 1.807) is 0 Å². The van der Waals surface area contributed by atoms with Crippen molar-refractivity contribution in [2.45, 2.75) is 26.8 Å². The lowest BCUT2D eigenvalue weighted by atomic mass is 10.1. The lowest BCUT2D eigenvalue weighted by Crippen LogP contribution is -2.28. The number of para-hydroxylation sites is 1. The predicted octanol–water partition coefficient (Wildman–Crippen LogP) is 3.80. The Morgan fingerprint density at radius 1 is 0.960 bits per heavy atom. The summed E-state index contributed by atoms with van der Waals surface area (Å²) in [6, 6.07) is 17.6. The zero-order valence-corrected chi connectivity index (χ0v) is 15.0. The van der Waals surface area contributed by atoms with Crippen LogP contribution < -0.4 is 5.56 Å². The van der Waals surface area contributed by atoms with Crippen molar-refractivity contribution in [1.82, 2.24) is 14.5 Å². The molecule has 0 fully saturated rings. The fourth-order valence-electron chi connectivity index (χ4n) is 3.18. The molecule has 0 amide bonds. The van der Waals surface area contributed by atoms with Crippen LogP contribution in [0.5, 0.6) is 0 Å². The standard InChI is InChI=1S/C21H25N3O/c1-3-23(4-2)15-10-16-24-20(17-11-6-5-7-12-17)22-19-14-9-8-13-18(19)21(24)25/h5-9,11-14H,3-4,10,15-16H2,1-2H3. The molecule has 0 bridgehead atoms. The van der Waals surface area contributed by atoms with Gasteiger partial charge in [-0.15, -0.1) is 0 Å². The summed E-state index contributed by atoms with van der Waals surface area (Å²) in [5, 5.41) is 0.685. The van der Waals surface area contributed by atoms with E-state index in [0.717, 1.165) is 43.0 Å². The summed E-state index contributed by atoms with van der Waals surface area (Å²) < 4.78 is 1.83. The number of hydrogen-bond acceptors (Lipinski definition) is 3. The van der Waals surface area contributed by atoms with E-state index in [0.29, 0.717) is 11.9 Å². The minimum Gasteiger partial charge on any atom is -0.304 e. The summed E-state index contributed by atoms with van der Waals surface area (Å²) >= 11 is 0. The van der Waals surface area contributed by atoms with Crippen molar-refractivity contribution in [2.75, 3.05) is 19.6 Å². The van der Waals surface area contributed by atoms with Gasteiger partial charge < -0.3 is 4.90 Å². The van der Waals surface area contributed by atoms with Gasteiger partial charge in [0.05, 0.1) is 10.9 Å². The van der Waals surface area contributed by atoms with Gasteiger partial charge in [-0.2, -0.15) is 0 Å². The van der Waals surface area contributed by atoms with Crippen LogP contribution in [0, 0.1) is 0 Å². The van der Waals surface area contributed by atoms with E-state index in [-0.39, 0.29) is 5.56 Å². The first-order valence-corrected chi connectivity index (χ1v) is 9.02. The summed E-state index contributed by atoms with van der Waals surface area (Å²) in [5.74, 6) is 0.754. The van der Waals surface area contributed by atoms with Gasteiger partial charge in [-0.1, -0.05) is 56.3 Å². The second kappa shape index (κ2) is 8.08. The quantitative estimate of drug-likeness (QED) is 0.659. The Kier molecular flexibility index (Phi) is 5.61. The smallest absolute Gasteiger partial charge is 0.261 e. The van der Waals surface area contributed by atoms with Crippen molar-refractivity contribution < 1.29 is 0 Å². The molecule has 0 saturated carbocycles. The second-order valence-electron chi connectivity index (χ2n) is 6.16. The highest BCUT2D eigenvalue weighted by Gasteiger charge is 2.12. The van der Waals surface area contributed by atoms with Crippen LogP contribution in [0.25, 0.3) is 22.3 Å². The van der Waals surface area contributed by atoms with Gasteiger partial charge in [-0.3, -0.25) is 9.36 Å². The fourth-order valence-corrected chi connectivity index (χ4v) is 3.18. The van der Waals surface area contributed by atoms with E-state index in [1.807, 2.05) is 59.2 Å². The molecule has 0 unspecified atom stereocenters. The van der Waals surface area contributed by atoms with Crippen molar-refractivity contribution in [2.24, 2.45) is 0 Å². The molecular weight excluding hydrogens is 310 g/mol. The van der Waals surface area contributed by atoms with E-state index in [2.05, 4.69) is 18.7 Å². The molecule has 0 atom stereocenters. The average Bonchev–Trinajstić information content (AvgIpc) is 2.67. The fraction of sp³-hybridized carbons (Fsp3) is 0.333. The highest BCUT2D eigenvalue weighted by molar-refractivity contribution is 5.79. The van der Waals surface area contributed by atoms with Crippen LogP contribution in [-0.2, 0) is 6.54 Å². The molecule has 130 valence electrons. The monoisotopic (exact) mass is 335 g/mol. The van der Waals surface area contributed by atoms with E-state index in [1.165, 1.54) is 0 Å². The van der Waals surface area contributed by atoms with Crippen LogP contribution in [0.15, 0.2) is 59.4 Å². The Bertz CT molecular complexity index is 883. The van der Waals surface area contributed by atoms with Gasteiger partial charge in [0.15, 0.2) is 0 Å². The Balaban J connectivity index is 2.02. The molecule has 4 heteroatoms. The van der Waals surface area contributed by atoms with Gasteiger partial charge in [-0.05, 0) is 38.2 Å². The molecule has 4 nitrogen and oxygen atoms in total. The van der Waals surface area contributed by atoms with E-state index in [4.69, 9.17) is 4.98 Å². The Morgan fingerprint density at radius 2 is 1.64 bits per heavy atom. The third kappa shape index (κ3) is 3.80. The molecule has 0 spiro atoms. The molecule has 0 aliphatic rings. The molecule has 2 aromatic carbocycles. The van der Waals surface area contributed by atoms with Crippen LogP contribution in [0.3, 0.4) is 0 Å². The van der Waals surface area contributed by atoms with Gasteiger partial charge in [0.25, 0.3) is 5.56 Å². The summed E-state index contributed by atoms with van der Waals surface area (Å²) in [6.07, 6.45) is 0.932. The number of hydrogen-bond donors (Lipinski definition) is 0. The number of nitrogens with zero attached hydrogens (tertiary/aromatic N) is 3. The van der Waals surface area contributed by atoms with Crippen LogP contribution in [0.1, 0.15) is 20.3 Å². The minimum absolute atomic E-state index is 0.0454. The molecule has 1 heterocycles. The molecular formula is C21H25N3O. The van der Waals surface area contributed by atoms with Crippen LogP contribution in [0.2, 0.25) is 0 Å². The number of rotatable bonds is 7. The molecule has 3 rings (SSSR count). The minimum atomic E-state index is 0.0454. The SMILES string of the molecule is CCN(CC)CCCn1c(-c2ccccc2)nc2ccccc2c1=O. The maximum atomic E-state index is 13.0. The Morgan fingerprint density at radius 3 is 2.36 bits per heavy atom. The molecule has 0 N–H and O–H groups in total. The van der Waals surface area contributed by atoms with Crippen molar-refractivity contribution in [3.63, 3.8) is 0 Å². The lowest BCUT2D eigenvalue weighted by molar-refractivity contribution is 0.293. The van der Waals surface area contributed by atoms with Crippen molar-refractivity contribution in [3.05, 3.63) is 65.0 Å². The van der Waals surface area contributed by atoms with Gasteiger partial charge >= 0.3 is 0 Å². The number of aromatic nitrogens is 2. The lowest BCUT2D eigenvalue weighted by Gasteiger charge is -2.19. The maximum absolute atomic E-state index is 13.0. The van der Waals surface area contributed by atoms with Gasteiger partial charge in [0.2, 0.25) is 0 Å². The van der Waals surface area contributed by atoms with Crippen molar-refractivity contribution in [3.8, 4) is 11.4 Å². The third-order valence-electron chi connectivity index (χ3n) is 4.64. The van der Waals surface area contributed by atoms with Gasteiger partial charge in [0.1, 0.15) is 5.82 Å². The van der Waals surface area contributed by atoms with Crippen molar-refractivity contribution >= 4 is 10.9 Å². The maximum Gasteiger partial charge on any atom is 0.261 e. The van der Waals surface area contributed by atoms with Gasteiger partial charge in [-0.25, -0.2) is 4.98 Å². The molecule has 0 radical (unpaired) electrons. The highest BCUT2D eigenvalue weighted by atomic mass is 16.1. The zero-order chi connectivity index (χ0) is 17.6. The zero-order valence-electron chi connectivity index (χ0n) is 15.0. The predicted molar refractivity (Wildman–Crippen MR) is 104 cm³/mol. The summed E-state index contributed by atoms with van der Waals surface area (Å²) in [6.45, 7) is 8.07. The number of fused-ring (bicyclic) bond motifs is 1. The number of benzene rings is 2. The molecule has 0 aliphatic carbocycles. The third-order valence-corrected chi connectivity index (χ3v) is 4.64. The topological polar surface area (TPSA) is 38.1 Å². The summed E-state index contributed by atoms with van der Waals surface area (Å²) in [4.78, 5) is 20.2. The normalized spacial score (nSPS) is 11.3. The van der Waals surface area contributed by atoms with Gasteiger partial charge in [0, 0.05) is 12.1 Å². The Labute approximate surface area is 148 Å². The molecule has 25 heavy (non-hydrogen) atoms. The van der Waals surface area contributed by atoms with E-state index in [9.17, 15) is 4.79 Å². The van der Waals surface area contributed by atoms with E-state index >= 15 is 0 Å². The Hall–Kier alpha value is -2.46. The largest absolute Gasteiger partial charge is 0.304 e. The molecule has 1 aromatic heterocycles. The molecule has 0 saturated heterocycles.